The number of hydrogen-bond donors (Lipinski definition) is 0. The summed E-state index contributed by atoms with van der Waals surface area (Å²) in [6.07, 6.45) is 5.93. The van der Waals surface area contributed by atoms with Crippen molar-refractivity contribution in [3.8, 4) is 5.75 Å². The van der Waals surface area contributed by atoms with Gasteiger partial charge in [0.05, 0.1) is 20.3 Å². The van der Waals surface area contributed by atoms with E-state index in [1.807, 2.05) is 12.1 Å². The van der Waals surface area contributed by atoms with E-state index >= 15 is 0 Å². The van der Waals surface area contributed by atoms with Gasteiger partial charge in [0, 0.05) is 37.3 Å². The van der Waals surface area contributed by atoms with Gasteiger partial charge in [-0.15, -0.1) is 0 Å². The lowest BCUT2D eigenvalue weighted by Gasteiger charge is -2.54. The second-order valence-corrected chi connectivity index (χ2v) is 8.74. The molecule has 1 aromatic carbocycles. The molecule has 1 aromatic rings. The van der Waals surface area contributed by atoms with Gasteiger partial charge in [-0.1, -0.05) is 12.1 Å². The number of carbonyl (C=O) groups excluding carboxylic acids is 1. The van der Waals surface area contributed by atoms with E-state index in [9.17, 15) is 4.79 Å². The summed E-state index contributed by atoms with van der Waals surface area (Å²) >= 11 is 0. The molecule has 5 rings (SSSR count). The van der Waals surface area contributed by atoms with Crippen LogP contribution in [0.15, 0.2) is 24.3 Å². The van der Waals surface area contributed by atoms with Crippen LogP contribution in [-0.2, 0) is 19.7 Å². The van der Waals surface area contributed by atoms with Crippen molar-refractivity contribution >= 4 is 5.91 Å². The molecule has 1 spiro atoms. The number of hydrogen-bond acceptors (Lipinski definition) is 4. The Balaban J connectivity index is 1.52. The monoisotopic (exact) mass is 371 g/mol. The van der Waals surface area contributed by atoms with Crippen molar-refractivity contribution in [2.45, 2.75) is 49.7 Å². The van der Waals surface area contributed by atoms with Crippen molar-refractivity contribution in [1.29, 1.82) is 0 Å². The van der Waals surface area contributed by atoms with Crippen molar-refractivity contribution in [2.75, 3.05) is 33.4 Å². The summed E-state index contributed by atoms with van der Waals surface area (Å²) in [6, 6.07) is 8.29. The molecule has 146 valence electrons. The van der Waals surface area contributed by atoms with Crippen LogP contribution < -0.4 is 4.74 Å². The smallest absolute Gasteiger partial charge is 0.226 e. The molecule has 27 heavy (non-hydrogen) atoms. The molecule has 0 radical (unpaired) electrons. The largest absolute Gasteiger partial charge is 0.497 e. The highest BCUT2D eigenvalue weighted by molar-refractivity contribution is 5.82. The number of rotatable bonds is 4. The van der Waals surface area contributed by atoms with Crippen LogP contribution in [0.3, 0.4) is 0 Å². The lowest BCUT2D eigenvalue weighted by Crippen LogP contribution is -2.59. The minimum absolute atomic E-state index is 0.00975. The van der Waals surface area contributed by atoms with E-state index in [0.717, 1.165) is 50.4 Å². The van der Waals surface area contributed by atoms with E-state index in [0.29, 0.717) is 19.1 Å². The van der Waals surface area contributed by atoms with Gasteiger partial charge in [0.15, 0.2) is 5.79 Å². The molecule has 0 bridgehead atoms. The summed E-state index contributed by atoms with van der Waals surface area (Å²) in [5.74, 6) is 1.41. The Morgan fingerprint density at radius 3 is 2.74 bits per heavy atom. The zero-order chi connectivity index (χ0) is 18.5. The lowest BCUT2D eigenvalue weighted by atomic mass is 9.57. The molecule has 2 atom stereocenters. The molecule has 2 saturated carbocycles. The van der Waals surface area contributed by atoms with Crippen LogP contribution >= 0.6 is 0 Å². The van der Waals surface area contributed by atoms with Crippen LogP contribution in [0.25, 0.3) is 0 Å². The molecule has 5 nitrogen and oxygen atoms in total. The van der Waals surface area contributed by atoms with Gasteiger partial charge in [-0.3, -0.25) is 4.79 Å². The zero-order valence-corrected chi connectivity index (χ0v) is 16.1. The number of likely N-dealkylation sites (tertiary alicyclic amines) is 1. The summed E-state index contributed by atoms with van der Waals surface area (Å²) in [4.78, 5) is 15.6. The highest BCUT2D eigenvalue weighted by Gasteiger charge is 2.58. The highest BCUT2D eigenvalue weighted by atomic mass is 16.7. The minimum Gasteiger partial charge on any atom is -0.497 e. The number of methoxy groups -OCH3 is 1. The van der Waals surface area contributed by atoms with E-state index in [2.05, 4.69) is 17.0 Å². The molecule has 2 aliphatic carbocycles. The number of ether oxygens (including phenoxy) is 3. The van der Waals surface area contributed by atoms with Gasteiger partial charge in [0.25, 0.3) is 0 Å². The SMILES string of the molecule is COc1cccc([C@]23CCN(CC4CC4)C(=O)C2CCC2(C3)OCCO2)c1. The first-order valence-corrected chi connectivity index (χ1v) is 10.4. The maximum Gasteiger partial charge on any atom is 0.226 e. The Hall–Kier alpha value is -1.59. The fraction of sp³-hybridized carbons (Fsp3) is 0.682. The average Bonchev–Trinajstić information content (AvgIpc) is 3.42. The molecular formula is C22H29NO4. The summed E-state index contributed by atoms with van der Waals surface area (Å²) < 4.78 is 17.7. The summed E-state index contributed by atoms with van der Waals surface area (Å²) in [5.41, 5.74) is 0.971. The van der Waals surface area contributed by atoms with E-state index in [4.69, 9.17) is 14.2 Å². The van der Waals surface area contributed by atoms with Crippen LogP contribution in [0.2, 0.25) is 0 Å². The maximum atomic E-state index is 13.5. The number of benzene rings is 1. The topological polar surface area (TPSA) is 48.0 Å². The third-order valence-electron chi connectivity index (χ3n) is 7.14. The Bertz CT molecular complexity index is 725. The summed E-state index contributed by atoms with van der Waals surface area (Å²) in [7, 11) is 1.70. The van der Waals surface area contributed by atoms with Gasteiger partial charge < -0.3 is 19.1 Å². The number of amides is 1. The third-order valence-corrected chi connectivity index (χ3v) is 7.14. The number of nitrogens with zero attached hydrogens (tertiary/aromatic N) is 1. The average molecular weight is 371 g/mol. The molecule has 4 fully saturated rings. The van der Waals surface area contributed by atoms with Gasteiger partial charge in [-0.25, -0.2) is 0 Å². The number of piperidine rings is 1. The zero-order valence-electron chi connectivity index (χ0n) is 16.1. The van der Waals surface area contributed by atoms with Crippen LogP contribution in [0.1, 0.15) is 44.1 Å². The first-order valence-electron chi connectivity index (χ1n) is 10.4. The van der Waals surface area contributed by atoms with Gasteiger partial charge in [0.2, 0.25) is 5.91 Å². The molecule has 2 heterocycles. The molecular weight excluding hydrogens is 342 g/mol. The molecule has 5 heteroatoms. The van der Waals surface area contributed by atoms with Gasteiger partial charge in [0.1, 0.15) is 5.75 Å². The first-order chi connectivity index (χ1) is 13.1. The van der Waals surface area contributed by atoms with E-state index in [1.54, 1.807) is 7.11 Å². The quantitative estimate of drug-likeness (QED) is 0.816. The van der Waals surface area contributed by atoms with Crippen molar-refractivity contribution in [2.24, 2.45) is 11.8 Å². The normalized spacial score (nSPS) is 32.6. The van der Waals surface area contributed by atoms with Crippen molar-refractivity contribution in [3.05, 3.63) is 29.8 Å². The van der Waals surface area contributed by atoms with Crippen molar-refractivity contribution < 1.29 is 19.0 Å². The molecule has 2 aliphatic heterocycles. The van der Waals surface area contributed by atoms with Gasteiger partial charge >= 0.3 is 0 Å². The minimum atomic E-state index is -0.515. The molecule has 0 aromatic heterocycles. The standard InChI is InChI=1S/C22H29NO4/c1-25-18-4-2-3-17(13-18)21-9-10-23(14-16-5-6-16)20(24)19(21)7-8-22(15-21)26-11-12-27-22/h2-4,13,16,19H,5-12,14-15H2,1H3/t19?,21-/m1/s1. The molecule has 4 aliphatic rings. The second kappa shape index (κ2) is 6.49. The first kappa shape index (κ1) is 17.5. The predicted octanol–water partition coefficient (Wildman–Crippen LogP) is 3.12. The molecule has 1 unspecified atom stereocenters. The van der Waals surface area contributed by atoms with E-state index in [-0.39, 0.29) is 11.3 Å². The van der Waals surface area contributed by atoms with Crippen LogP contribution in [0.5, 0.6) is 5.75 Å². The number of fused-ring (bicyclic) bond motifs is 1. The predicted molar refractivity (Wildman–Crippen MR) is 101 cm³/mol. The Labute approximate surface area is 161 Å². The van der Waals surface area contributed by atoms with Gasteiger partial charge in [-0.2, -0.15) is 0 Å². The Morgan fingerprint density at radius 1 is 1.19 bits per heavy atom. The molecule has 1 amide bonds. The van der Waals surface area contributed by atoms with Crippen molar-refractivity contribution in [1.82, 2.24) is 4.90 Å². The highest BCUT2D eigenvalue weighted by Crippen LogP contribution is 2.55. The van der Waals surface area contributed by atoms with E-state index in [1.165, 1.54) is 18.4 Å². The summed E-state index contributed by atoms with van der Waals surface area (Å²) in [5, 5.41) is 0. The van der Waals surface area contributed by atoms with Crippen LogP contribution in [0, 0.1) is 11.8 Å². The Kier molecular flexibility index (Phi) is 4.21. The van der Waals surface area contributed by atoms with Gasteiger partial charge in [-0.05, 0) is 49.3 Å². The summed E-state index contributed by atoms with van der Waals surface area (Å²) in [6.45, 7) is 3.09. The van der Waals surface area contributed by atoms with E-state index < -0.39 is 5.79 Å². The fourth-order valence-corrected chi connectivity index (χ4v) is 5.54. The molecule has 0 N–H and O–H groups in total. The maximum absolute atomic E-state index is 13.5. The number of carbonyl (C=O) groups is 1. The second-order valence-electron chi connectivity index (χ2n) is 8.74. The Morgan fingerprint density at radius 2 is 2.00 bits per heavy atom. The van der Waals surface area contributed by atoms with Crippen LogP contribution in [0.4, 0.5) is 0 Å². The third kappa shape index (κ3) is 2.95. The van der Waals surface area contributed by atoms with Crippen LogP contribution in [-0.4, -0.2) is 50.0 Å². The molecule has 2 saturated heterocycles. The lowest BCUT2D eigenvalue weighted by molar-refractivity contribution is -0.208. The van der Waals surface area contributed by atoms with Crippen molar-refractivity contribution in [3.63, 3.8) is 0 Å². The fourth-order valence-electron chi connectivity index (χ4n) is 5.54.